The molecule has 1 aromatic heterocycles. The maximum absolute atomic E-state index is 6.45. The molecule has 4 heterocycles. The van der Waals surface area contributed by atoms with Gasteiger partial charge in [-0.3, -0.25) is 4.99 Å². The summed E-state index contributed by atoms with van der Waals surface area (Å²) in [7, 11) is 0. The van der Waals surface area contributed by atoms with Gasteiger partial charge in [-0.2, -0.15) is 0 Å². The average Bonchev–Trinajstić information content (AvgIpc) is 4.02. The number of hydrogen-bond donors (Lipinski definition) is 2. The largest absolute Gasteiger partial charge is 0.466 e. The molecule has 0 spiro atoms. The highest BCUT2D eigenvalue weighted by molar-refractivity contribution is 6.13. The van der Waals surface area contributed by atoms with Gasteiger partial charge < -0.3 is 19.9 Å². The average molecular weight is 761 g/mol. The van der Waals surface area contributed by atoms with Gasteiger partial charge in [0.05, 0.1) is 16.9 Å². The predicted molar refractivity (Wildman–Crippen MR) is 240 cm³/mol. The molecule has 5 nitrogen and oxygen atoms in total. The number of ether oxygens (including phenoxy) is 1. The molecule has 2 atom stereocenters. The number of aromatic nitrogens is 1. The quantitative estimate of drug-likeness (QED) is 0.178. The molecule has 0 amide bonds. The molecule has 3 aliphatic heterocycles. The Hall–Kier alpha value is -7.37. The van der Waals surface area contributed by atoms with E-state index in [1.165, 1.54) is 49.3 Å². The lowest BCUT2D eigenvalue weighted by Crippen LogP contribution is -2.46. The van der Waals surface area contributed by atoms with E-state index in [0.717, 1.165) is 75.6 Å². The van der Waals surface area contributed by atoms with Crippen molar-refractivity contribution < 1.29 is 4.74 Å². The van der Waals surface area contributed by atoms with Crippen LogP contribution in [0.25, 0.3) is 45.2 Å². The Morgan fingerprint density at radius 1 is 0.644 bits per heavy atom. The van der Waals surface area contributed by atoms with Gasteiger partial charge in [0.2, 0.25) is 0 Å². The van der Waals surface area contributed by atoms with Crippen molar-refractivity contribution in [2.45, 2.75) is 31.7 Å². The summed E-state index contributed by atoms with van der Waals surface area (Å²) in [5, 5.41) is 11.3. The molecule has 6 aromatic carbocycles. The monoisotopic (exact) mass is 760 g/mol. The molecule has 0 saturated carbocycles. The Morgan fingerprint density at radius 3 is 2.37 bits per heavy atom. The maximum Gasteiger partial charge on any atom is 0.197 e. The SMILES string of the molecule is C1=CC(c2cccc(C3=N[C@H](c4cccc(-n5c6c(c7ccccc75)C=CC6)c4)NC(c4ccc(C5=c6ccccc6=C6c7ccccc7OC6N5)cc4)=C3)c2)=CCC1. The first-order valence-corrected chi connectivity index (χ1v) is 20.6. The Balaban J connectivity index is 0.946. The third-order valence-electron chi connectivity index (χ3n) is 12.3. The zero-order valence-corrected chi connectivity index (χ0v) is 32.4. The number of fused-ring (bicyclic) bond motifs is 7. The van der Waals surface area contributed by atoms with Crippen molar-refractivity contribution in [2.75, 3.05) is 0 Å². The predicted octanol–water partition coefficient (Wildman–Crippen LogP) is 9.74. The van der Waals surface area contributed by atoms with Crippen LogP contribution < -0.4 is 25.8 Å². The number of nitrogens with zero attached hydrogens (tertiary/aromatic N) is 2. The number of para-hydroxylation sites is 2. The smallest absolute Gasteiger partial charge is 0.197 e. The lowest BCUT2D eigenvalue weighted by molar-refractivity contribution is 0.256. The first kappa shape index (κ1) is 33.7. The molecule has 5 heteroatoms. The van der Waals surface area contributed by atoms with Crippen molar-refractivity contribution in [1.29, 1.82) is 0 Å². The van der Waals surface area contributed by atoms with Crippen molar-refractivity contribution in [3.63, 3.8) is 0 Å². The summed E-state index contributed by atoms with van der Waals surface area (Å²) < 4.78 is 8.88. The molecule has 0 saturated heterocycles. The van der Waals surface area contributed by atoms with Crippen molar-refractivity contribution in [3.05, 3.63) is 231 Å². The minimum Gasteiger partial charge on any atom is -0.466 e. The first-order chi connectivity index (χ1) is 29.2. The van der Waals surface area contributed by atoms with Gasteiger partial charge in [-0.25, -0.2) is 0 Å². The van der Waals surface area contributed by atoms with E-state index in [1.54, 1.807) is 0 Å². The van der Waals surface area contributed by atoms with Crippen molar-refractivity contribution >= 4 is 45.2 Å². The molecule has 282 valence electrons. The van der Waals surface area contributed by atoms with E-state index in [0.29, 0.717) is 0 Å². The van der Waals surface area contributed by atoms with Gasteiger partial charge in [-0.15, -0.1) is 0 Å². The molecule has 7 aromatic rings. The molecule has 2 N–H and O–H groups in total. The highest BCUT2D eigenvalue weighted by atomic mass is 16.5. The van der Waals surface area contributed by atoms with Crippen LogP contribution in [0.5, 0.6) is 5.75 Å². The number of nitrogens with one attached hydrogen (secondary N) is 2. The van der Waals surface area contributed by atoms with E-state index in [9.17, 15) is 0 Å². The zero-order chi connectivity index (χ0) is 38.9. The van der Waals surface area contributed by atoms with Crippen molar-refractivity contribution in [3.8, 4) is 11.4 Å². The van der Waals surface area contributed by atoms with Crippen molar-refractivity contribution in [2.24, 2.45) is 4.99 Å². The van der Waals surface area contributed by atoms with Crippen LogP contribution in [0, 0.1) is 0 Å². The number of aliphatic imine (C=N–C) groups is 1. The minimum absolute atomic E-state index is 0.243. The fourth-order valence-corrected chi connectivity index (χ4v) is 9.53. The minimum atomic E-state index is -0.300. The van der Waals surface area contributed by atoms with E-state index >= 15 is 0 Å². The normalized spacial score (nSPS) is 18.5. The molecule has 2 aliphatic carbocycles. The van der Waals surface area contributed by atoms with Crippen LogP contribution in [0.1, 0.15) is 63.6 Å². The van der Waals surface area contributed by atoms with Crippen molar-refractivity contribution in [1.82, 2.24) is 15.2 Å². The van der Waals surface area contributed by atoms with Gasteiger partial charge >= 0.3 is 0 Å². The third kappa shape index (κ3) is 5.65. The maximum atomic E-state index is 6.45. The Labute approximate surface area is 343 Å². The van der Waals surface area contributed by atoms with Crippen LogP contribution in [-0.4, -0.2) is 16.5 Å². The molecular weight excluding hydrogens is 721 g/mol. The standard InChI is InChI=1S/C54H40N4O/c1-2-13-34(14-3-1)37-15-10-16-38(31-37)47-33-46(55-53(56-47)39-17-11-18-40(32-39)58-48-24-8-6-19-41(48)42-23-12-25-49(42)58)35-27-29-36(30-28-35)52-44-21-5-4-20-43(44)51-45-22-7-9-26-50(45)59-54(51)57-52/h2,4-24,26-33,53-55,57H,1,3,25H2/t53-,54?/m1/s1. The summed E-state index contributed by atoms with van der Waals surface area (Å²) in [4.78, 5) is 5.45. The lowest BCUT2D eigenvalue weighted by Gasteiger charge is -2.26. The van der Waals surface area contributed by atoms with Gasteiger partial charge in [0.1, 0.15) is 11.9 Å². The van der Waals surface area contributed by atoms with Gasteiger partial charge in [-0.05, 0) is 82.3 Å². The van der Waals surface area contributed by atoms with Crippen LogP contribution in [-0.2, 0) is 6.42 Å². The molecule has 0 fully saturated rings. The van der Waals surface area contributed by atoms with Gasteiger partial charge in [0, 0.05) is 56.4 Å². The topological polar surface area (TPSA) is 50.6 Å². The second-order valence-corrected chi connectivity index (χ2v) is 15.8. The van der Waals surface area contributed by atoms with Crippen LogP contribution in [0.2, 0.25) is 0 Å². The molecule has 59 heavy (non-hydrogen) atoms. The van der Waals surface area contributed by atoms with Gasteiger partial charge in [-0.1, -0.05) is 146 Å². The van der Waals surface area contributed by atoms with Gasteiger partial charge in [0.15, 0.2) is 6.23 Å². The Morgan fingerprint density at radius 2 is 1.46 bits per heavy atom. The second-order valence-electron chi connectivity index (χ2n) is 15.8. The molecule has 0 bridgehead atoms. The number of rotatable bonds is 6. The molecule has 0 radical (unpaired) electrons. The summed E-state index contributed by atoms with van der Waals surface area (Å²) in [6.45, 7) is 0. The third-order valence-corrected chi connectivity index (χ3v) is 12.3. The summed E-state index contributed by atoms with van der Waals surface area (Å²) in [6, 6.07) is 52.3. The summed E-state index contributed by atoms with van der Waals surface area (Å²) in [5.74, 6) is 0.916. The van der Waals surface area contributed by atoms with E-state index in [-0.39, 0.29) is 12.4 Å². The number of benzene rings is 6. The fourth-order valence-electron chi connectivity index (χ4n) is 9.53. The first-order valence-electron chi connectivity index (χ1n) is 20.6. The Kier molecular flexibility index (Phi) is 7.80. The van der Waals surface area contributed by atoms with Crippen LogP contribution in [0.15, 0.2) is 181 Å². The highest BCUT2D eigenvalue weighted by Crippen LogP contribution is 2.38. The van der Waals surface area contributed by atoms with Crippen LogP contribution in [0.4, 0.5) is 0 Å². The van der Waals surface area contributed by atoms with Crippen LogP contribution >= 0.6 is 0 Å². The van der Waals surface area contributed by atoms with E-state index < -0.39 is 0 Å². The molecule has 5 aliphatic rings. The molecule has 1 unspecified atom stereocenters. The van der Waals surface area contributed by atoms with E-state index in [4.69, 9.17) is 9.73 Å². The number of hydrogen-bond acceptors (Lipinski definition) is 4. The Bertz CT molecular complexity index is 3170. The second kappa shape index (κ2) is 13.6. The lowest BCUT2D eigenvalue weighted by atomic mass is 9.95. The van der Waals surface area contributed by atoms with E-state index in [1.807, 2.05) is 6.07 Å². The molecular formula is C54H40N4O. The summed E-state index contributed by atoms with van der Waals surface area (Å²) in [6.07, 6.45) is 16.1. The zero-order valence-electron chi connectivity index (χ0n) is 32.4. The summed E-state index contributed by atoms with van der Waals surface area (Å²) in [5.41, 5.74) is 17.3. The van der Waals surface area contributed by atoms with Crippen LogP contribution in [0.3, 0.4) is 0 Å². The fraction of sp³-hybridized carbons (Fsp3) is 0.0926. The highest BCUT2D eigenvalue weighted by Gasteiger charge is 2.32. The molecule has 12 rings (SSSR count). The number of allylic oxidation sites excluding steroid dienone is 6. The van der Waals surface area contributed by atoms with E-state index in [2.05, 4.69) is 191 Å². The summed E-state index contributed by atoms with van der Waals surface area (Å²) >= 11 is 0. The van der Waals surface area contributed by atoms with Gasteiger partial charge in [0.25, 0.3) is 0 Å².